The molecular weight excluding hydrogens is 303 g/mol. The van der Waals surface area contributed by atoms with Gasteiger partial charge in [0.15, 0.2) is 0 Å². The first-order valence-electron chi connectivity index (χ1n) is 9.95. The molecule has 0 rings (SSSR count). The molecule has 0 aliphatic heterocycles. The van der Waals surface area contributed by atoms with Gasteiger partial charge in [0.05, 0.1) is 6.61 Å². The molecule has 0 aromatic heterocycles. The number of ether oxygens (including phenoxy) is 1. The first-order valence-corrected chi connectivity index (χ1v) is 12.3. The normalized spacial score (nSPS) is 11.5. The van der Waals surface area contributed by atoms with Crippen molar-refractivity contribution in [3.05, 3.63) is 0 Å². The highest BCUT2D eigenvalue weighted by Gasteiger charge is 2.24. The van der Waals surface area contributed by atoms with Gasteiger partial charge in [0, 0.05) is 5.29 Å². The molecule has 0 bridgehead atoms. The molecule has 0 N–H and O–H groups in total. The Morgan fingerprint density at radius 2 is 1.13 bits per heavy atom. The fraction of sp³-hybridized carbons (Fsp3) is 0.900. The molecule has 0 saturated heterocycles. The predicted octanol–water partition coefficient (Wildman–Crippen LogP) is 6.33. The molecule has 0 spiro atoms. The first-order chi connectivity index (χ1) is 11.1. The van der Waals surface area contributed by atoms with E-state index in [-0.39, 0.29) is 5.97 Å². The Balaban J connectivity index is 5.39. The number of rotatable bonds is 14. The van der Waals surface area contributed by atoms with Crippen LogP contribution in [-0.2, 0) is 9.53 Å². The molecule has 0 fully saturated rings. The van der Waals surface area contributed by atoms with Crippen molar-refractivity contribution in [2.24, 2.45) is 0 Å². The van der Waals surface area contributed by atoms with Crippen LogP contribution in [0.25, 0.3) is 0 Å². The van der Waals surface area contributed by atoms with Gasteiger partial charge < -0.3 is 4.74 Å². The summed E-state index contributed by atoms with van der Waals surface area (Å²) in [6, 6.07) is 0. The molecule has 0 aromatic rings. The minimum Gasteiger partial charge on any atom is -0.463 e. The van der Waals surface area contributed by atoms with Gasteiger partial charge in [0.25, 0.3) is 0 Å². The summed E-state index contributed by atoms with van der Waals surface area (Å²) in [7, 11) is 0. The average Bonchev–Trinajstić information content (AvgIpc) is 2.54. The molecule has 2 nitrogen and oxygen atoms in total. The van der Waals surface area contributed by atoms with E-state index in [4.69, 9.17) is 4.74 Å². The molecule has 23 heavy (non-hydrogen) atoms. The van der Waals surface area contributed by atoms with E-state index >= 15 is 0 Å². The van der Waals surface area contributed by atoms with E-state index in [0.717, 1.165) is 5.29 Å². The van der Waals surface area contributed by atoms with Gasteiger partial charge in [-0.3, -0.25) is 0 Å². The lowest BCUT2D eigenvalue weighted by Gasteiger charge is -2.29. The van der Waals surface area contributed by atoms with Crippen molar-refractivity contribution in [1.29, 1.82) is 0 Å². The van der Waals surface area contributed by atoms with Gasteiger partial charge in [-0.15, -0.1) is 0 Å². The van der Waals surface area contributed by atoms with Crippen LogP contribution in [0.3, 0.4) is 0 Å². The summed E-state index contributed by atoms with van der Waals surface area (Å²) in [6.45, 7) is 9.96. The standard InChI is InChI=1S/C20H41O2P/c1-6-10-13-16-23(17-14-11-7-2,18-15-12-8-3)19(5)20(21)22-9-4/h6-18H2,1-5H3. The van der Waals surface area contributed by atoms with E-state index in [2.05, 4.69) is 27.7 Å². The van der Waals surface area contributed by atoms with E-state index in [1.54, 1.807) is 0 Å². The van der Waals surface area contributed by atoms with Crippen molar-refractivity contribution < 1.29 is 9.53 Å². The van der Waals surface area contributed by atoms with Crippen LogP contribution >= 0.6 is 6.89 Å². The van der Waals surface area contributed by atoms with Crippen LogP contribution < -0.4 is 0 Å². The lowest BCUT2D eigenvalue weighted by atomic mass is 10.3. The summed E-state index contributed by atoms with van der Waals surface area (Å²) in [5.41, 5.74) is 0. The maximum Gasteiger partial charge on any atom is 0.333 e. The van der Waals surface area contributed by atoms with Crippen molar-refractivity contribution in [1.82, 2.24) is 0 Å². The number of carbonyl (C=O) groups is 1. The summed E-state index contributed by atoms with van der Waals surface area (Å²) < 4.78 is 5.38. The molecule has 0 amide bonds. The summed E-state index contributed by atoms with van der Waals surface area (Å²) in [6.07, 6.45) is 15.2. The number of hydrogen-bond donors (Lipinski definition) is 0. The van der Waals surface area contributed by atoms with E-state index in [9.17, 15) is 4.79 Å². The van der Waals surface area contributed by atoms with Crippen molar-refractivity contribution in [2.45, 2.75) is 92.4 Å². The third-order valence-electron chi connectivity index (χ3n) is 4.85. The number of esters is 1. The minimum atomic E-state index is -1.32. The molecule has 0 atom stereocenters. The molecular formula is C20H41O2P. The highest BCUT2D eigenvalue weighted by atomic mass is 31.2. The van der Waals surface area contributed by atoms with Crippen LogP contribution in [-0.4, -0.2) is 36.4 Å². The van der Waals surface area contributed by atoms with Gasteiger partial charge in [0.2, 0.25) is 0 Å². The molecule has 3 heteroatoms. The fourth-order valence-corrected chi connectivity index (χ4v) is 7.88. The topological polar surface area (TPSA) is 26.3 Å². The summed E-state index contributed by atoms with van der Waals surface area (Å²) in [5, 5.41) is 1.10. The quantitative estimate of drug-likeness (QED) is 0.209. The molecule has 0 aliphatic rings. The van der Waals surface area contributed by atoms with Crippen molar-refractivity contribution in [3.8, 4) is 0 Å². The minimum absolute atomic E-state index is 0.00895. The Kier molecular flexibility index (Phi) is 14.0. The van der Waals surface area contributed by atoms with E-state index in [1.165, 1.54) is 76.3 Å². The predicted molar refractivity (Wildman–Crippen MR) is 107 cm³/mol. The van der Waals surface area contributed by atoms with Gasteiger partial charge in [-0.25, -0.2) is 4.79 Å². The van der Waals surface area contributed by atoms with Crippen LogP contribution in [0.1, 0.15) is 92.4 Å². The van der Waals surface area contributed by atoms with Crippen molar-refractivity contribution >= 4 is 18.1 Å². The Hall–Kier alpha value is -0.230. The SMILES string of the molecule is CCCCCP(CCCCC)(CCCCC)=C(C)C(=O)OCC. The van der Waals surface area contributed by atoms with Gasteiger partial charge in [-0.1, -0.05) is 66.2 Å². The molecule has 0 radical (unpaired) electrons. The Labute approximate surface area is 145 Å². The van der Waals surface area contributed by atoms with E-state index < -0.39 is 6.89 Å². The van der Waals surface area contributed by atoms with Crippen LogP contribution in [0.15, 0.2) is 0 Å². The maximum atomic E-state index is 12.5. The monoisotopic (exact) mass is 344 g/mol. The first kappa shape index (κ1) is 22.8. The van der Waals surface area contributed by atoms with Crippen molar-refractivity contribution in [2.75, 3.05) is 25.1 Å². The highest BCUT2D eigenvalue weighted by Crippen LogP contribution is 2.52. The van der Waals surface area contributed by atoms with Gasteiger partial charge >= 0.3 is 5.97 Å². The zero-order valence-corrected chi connectivity index (χ0v) is 17.4. The molecule has 138 valence electrons. The molecule has 0 aromatic carbocycles. The molecule has 0 saturated carbocycles. The third-order valence-corrected chi connectivity index (χ3v) is 9.97. The van der Waals surface area contributed by atoms with E-state index in [0.29, 0.717) is 6.61 Å². The van der Waals surface area contributed by atoms with Gasteiger partial charge in [0.1, 0.15) is 0 Å². The maximum absolute atomic E-state index is 12.5. The second kappa shape index (κ2) is 14.1. The Morgan fingerprint density at radius 1 is 0.739 bits per heavy atom. The lowest BCUT2D eigenvalue weighted by Crippen LogP contribution is -2.20. The Bertz CT molecular complexity index is 327. The lowest BCUT2D eigenvalue weighted by molar-refractivity contribution is -0.134. The third kappa shape index (κ3) is 8.99. The van der Waals surface area contributed by atoms with Gasteiger partial charge in [-0.2, -0.15) is 0 Å². The largest absolute Gasteiger partial charge is 0.463 e. The Morgan fingerprint density at radius 3 is 1.43 bits per heavy atom. The summed E-state index contributed by atoms with van der Waals surface area (Å²) >= 11 is 0. The number of unbranched alkanes of at least 4 members (excludes halogenated alkanes) is 6. The van der Waals surface area contributed by atoms with Crippen LogP contribution in [0.4, 0.5) is 0 Å². The van der Waals surface area contributed by atoms with Gasteiger partial charge in [-0.05, 0) is 51.6 Å². The van der Waals surface area contributed by atoms with Crippen LogP contribution in [0, 0.1) is 0 Å². The van der Waals surface area contributed by atoms with Crippen LogP contribution in [0.5, 0.6) is 0 Å². The fourth-order valence-electron chi connectivity index (χ4n) is 3.26. The summed E-state index contributed by atoms with van der Waals surface area (Å²) in [5.74, 6) is -0.00895. The smallest absolute Gasteiger partial charge is 0.333 e. The zero-order chi connectivity index (χ0) is 17.6. The number of hydrogen-bond acceptors (Lipinski definition) is 2. The summed E-state index contributed by atoms with van der Waals surface area (Å²) in [4.78, 5) is 12.5. The highest BCUT2D eigenvalue weighted by molar-refractivity contribution is 7.77. The van der Waals surface area contributed by atoms with Crippen molar-refractivity contribution in [3.63, 3.8) is 0 Å². The number of carbonyl (C=O) groups excluding carboxylic acids is 1. The van der Waals surface area contributed by atoms with E-state index in [1.807, 2.05) is 6.92 Å². The molecule has 0 aliphatic carbocycles. The zero-order valence-electron chi connectivity index (χ0n) is 16.5. The molecule has 0 unspecified atom stereocenters. The van der Waals surface area contributed by atoms with Crippen LogP contribution in [0.2, 0.25) is 0 Å². The second-order valence-electron chi connectivity index (χ2n) is 6.74. The average molecular weight is 345 g/mol. The second-order valence-corrected chi connectivity index (χ2v) is 11.0. The molecule has 0 heterocycles.